The van der Waals surface area contributed by atoms with Crippen LogP contribution in [0, 0.1) is 0 Å². The van der Waals surface area contributed by atoms with Gasteiger partial charge in [0, 0.05) is 11.6 Å². The highest BCUT2D eigenvalue weighted by atomic mass is 16.6. The molecule has 0 spiro atoms. The zero-order valence-corrected chi connectivity index (χ0v) is 13.8. The summed E-state index contributed by atoms with van der Waals surface area (Å²) in [7, 11) is 0. The molecule has 1 N–H and O–H groups in total. The van der Waals surface area contributed by atoms with E-state index in [2.05, 4.69) is 5.32 Å². The standard InChI is InChI=1S/C18H25NO4/c1-13(2)23-17(20)12-22-16-10-8-14(9-11-16)18(21)19-15-6-4-3-5-7-15/h8-11,13,15H,3-7,12H2,1-2H3,(H,19,21). The quantitative estimate of drug-likeness (QED) is 0.818. The summed E-state index contributed by atoms with van der Waals surface area (Å²) in [5, 5.41) is 3.07. The summed E-state index contributed by atoms with van der Waals surface area (Å²) in [5.41, 5.74) is 0.604. The smallest absolute Gasteiger partial charge is 0.344 e. The van der Waals surface area contributed by atoms with Crippen LogP contribution in [-0.4, -0.2) is 30.6 Å². The van der Waals surface area contributed by atoms with Gasteiger partial charge in [-0.2, -0.15) is 0 Å². The summed E-state index contributed by atoms with van der Waals surface area (Å²) >= 11 is 0. The van der Waals surface area contributed by atoms with Gasteiger partial charge in [0.1, 0.15) is 5.75 Å². The highest BCUT2D eigenvalue weighted by molar-refractivity contribution is 5.94. The fourth-order valence-electron chi connectivity index (χ4n) is 2.66. The molecule has 1 aliphatic carbocycles. The third-order valence-corrected chi connectivity index (χ3v) is 3.78. The van der Waals surface area contributed by atoms with E-state index in [-0.39, 0.29) is 24.7 Å². The monoisotopic (exact) mass is 319 g/mol. The second-order valence-electron chi connectivity index (χ2n) is 6.16. The molecule has 0 unspecified atom stereocenters. The number of esters is 1. The number of rotatable bonds is 6. The average molecular weight is 319 g/mol. The average Bonchev–Trinajstić information content (AvgIpc) is 2.54. The Bertz CT molecular complexity index is 518. The first kappa shape index (κ1) is 17.3. The van der Waals surface area contributed by atoms with Crippen LogP contribution in [0.4, 0.5) is 0 Å². The molecular formula is C18H25NO4. The number of carbonyl (C=O) groups excluding carboxylic acids is 2. The van der Waals surface area contributed by atoms with Crippen LogP contribution >= 0.6 is 0 Å². The lowest BCUT2D eigenvalue weighted by Gasteiger charge is -2.22. The van der Waals surface area contributed by atoms with E-state index in [0.29, 0.717) is 11.3 Å². The van der Waals surface area contributed by atoms with E-state index in [1.165, 1.54) is 19.3 Å². The van der Waals surface area contributed by atoms with Gasteiger partial charge in [-0.05, 0) is 51.0 Å². The van der Waals surface area contributed by atoms with Gasteiger partial charge in [0.05, 0.1) is 6.10 Å². The molecule has 0 aliphatic heterocycles. The minimum atomic E-state index is -0.404. The maximum absolute atomic E-state index is 12.2. The van der Waals surface area contributed by atoms with E-state index < -0.39 is 5.97 Å². The van der Waals surface area contributed by atoms with E-state index in [4.69, 9.17) is 9.47 Å². The maximum Gasteiger partial charge on any atom is 0.344 e. The van der Waals surface area contributed by atoms with Crippen molar-refractivity contribution in [2.75, 3.05) is 6.61 Å². The molecule has 1 amide bonds. The van der Waals surface area contributed by atoms with Crippen molar-refractivity contribution in [3.8, 4) is 5.75 Å². The Balaban J connectivity index is 1.81. The summed E-state index contributed by atoms with van der Waals surface area (Å²) in [4.78, 5) is 23.6. The zero-order chi connectivity index (χ0) is 16.7. The largest absolute Gasteiger partial charge is 0.482 e. The minimum absolute atomic E-state index is 0.0531. The highest BCUT2D eigenvalue weighted by Crippen LogP contribution is 2.18. The molecule has 1 aromatic carbocycles. The first-order valence-corrected chi connectivity index (χ1v) is 8.28. The van der Waals surface area contributed by atoms with Crippen molar-refractivity contribution >= 4 is 11.9 Å². The Morgan fingerprint density at radius 2 is 1.78 bits per heavy atom. The third-order valence-electron chi connectivity index (χ3n) is 3.78. The van der Waals surface area contributed by atoms with Crippen LogP contribution in [0.15, 0.2) is 24.3 Å². The maximum atomic E-state index is 12.2. The second-order valence-corrected chi connectivity index (χ2v) is 6.16. The summed E-state index contributed by atoms with van der Waals surface area (Å²) in [6.07, 6.45) is 5.60. The molecule has 0 bridgehead atoms. The molecule has 5 heteroatoms. The molecule has 126 valence electrons. The van der Waals surface area contributed by atoms with Crippen molar-refractivity contribution in [3.05, 3.63) is 29.8 Å². The van der Waals surface area contributed by atoms with Crippen molar-refractivity contribution in [1.29, 1.82) is 0 Å². The van der Waals surface area contributed by atoms with Crippen molar-refractivity contribution in [2.45, 2.75) is 58.1 Å². The molecule has 1 aromatic rings. The van der Waals surface area contributed by atoms with Gasteiger partial charge < -0.3 is 14.8 Å². The molecule has 1 aliphatic rings. The number of hydrogen-bond donors (Lipinski definition) is 1. The van der Waals surface area contributed by atoms with Gasteiger partial charge in [-0.25, -0.2) is 4.79 Å². The Morgan fingerprint density at radius 3 is 2.39 bits per heavy atom. The number of nitrogens with one attached hydrogen (secondary N) is 1. The van der Waals surface area contributed by atoms with Crippen molar-refractivity contribution in [3.63, 3.8) is 0 Å². The van der Waals surface area contributed by atoms with Gasteiger partial charge >= 0.3 is 5.97 Å². The Kier molecular flexibility index (Phi) is 6.44. The number of hydrogen-bond acceptors (Lipinski definition) is 4. The highest BCUT2D eigenvalue weighted by Gasteiger charge is 2.16. The Hall–Kier alpha value is -2.04. The van der Waals surface area contributed by atoms with Crippen LogP contribution in [-0.2, 0) is 9.53 Å². The van der Waals surface area contributed by atoms with E-state index in [9.17, 15) is 9.59 Å². The van der Waals surface area contributed by atoms with Crippen molar-refractivity contribution < 1.29 is 19.1 Å². The lowest BCUT2D eigenvalue weighted by atomic mass is 9.95. The van der Waals surface area contributed by atoms with Crippen LogP contribution < -0.4 is 10.1 Å². The molecule has 0 saturated heterocycles. The summed E-state index contributed by atoms with van der Waals surface area (Å²) in [6.45, 7) is 3.45. The summed E-state index contributed by atoms with van der Waals surface area (Å²) in [6, 6.07) is 7.09. The van der Waals surface area contributed by atoms with E-state index in [1.807, 2.05) is 0 Å². The topological polar surface area (TPSA) is 64.6 Å². The SMILES string of the molecule is CC(C)OC(=O)COc1ccc(C(=O)NC2CCCCC2)cc1. The van der Waals surface area contributed by atoms with Crippen LogP contribution in [0.25, 0.3) is 0 Å². The molecular weight excluding hydrogens is 294 g/mol. The predicted octanol–water partition coefficient (Wildman–Crippen LogP) is 3.08. The van der Waals surface area contributed by atoms with Crippen LogP contribution in [0.3, 0.4) is 0 Å². The van der Waals surface area contributed by atoms with Crippen LogP contribution in [0.2, 0.25) is 0 Å². The summed E-state index contributed by atoms with van der Waals surface area (Å²) < 4.78 is 10.3. The van der Waals surface area contributed by atoms with Gasteiger partial charge in [-0.1, -0.05) is 19.3 Å². The molecule has 2 rings (SSSR count). The first-order chi connectivity index (χ1) is 11.0. The van der Waals surface area contributed by atoms with Crippen molar-refractivity contribution in [2.24, 2.45) is 0 Å². The fraction of sp³-hybridized carbons (Fsp3) is 0.556. The normalized spacial score (nSPS) is 15.3. The lowest BCUT2D eigenvalue weighted by Crippen LogP contribution is -2.36. The van der Waals surface area contributed by atoms with Crippen LogP contribution in [0.1, 0.15) is 56.3 Å². The predicted molar refractivity (Wildman–Crippen MR) is 87.5 cm³/mol. The Labute approximate surface area is 137 Å². The Morgan fingerprint density at radius 1 is 1.13 bits per heavy atom. The molecule has 5 nitrogen and oxygen atoms in total. The third kappa shape index (κ3) is 5.93. The number of ether oxygens (including phenoxy) is 2. The second kappa shape index (κ2) is 8.56. The van der Waals surface area contributed by atoms with Crippen molar-refractivity contribution in [1.82, 2.24) is 5.32 Å². The van der Waals surface area contributed by atoms with Gasteiger partial charge in [-0.3, -0.25) is 4.79 Å². The van der Waals surface area contributed by atoms with E-state index >= 15 is 0 Å². The van der Waals surface area contributed by atoms with E-state index in [1.54, 1.807) is 38.1 Å². The molecule has 0 atom stereocenters. The molecule has 0 heterocycles. The van der Waals surface area contributed by atoms with Gasteiger partial charge in [0.15, 0.2) is 6.61 Å². The molecule has 0 aromatic heterocycles. The molecule has 23 heavy (non-hydrogen) atoms. The fourth-order valence-corrected chi connectivity index (χ4v) is 2.66. The number of amides is 1. The lowest BCUT2D eigenvalue weighted by molar-refractivity contribution is -0.149. The first-order valence-electron chi connectivity index (χ1n) is 8.28. The van der Waals surface area contributed by atoms with E-state index in [0.717, 1.165) is 12.8 Å². The molecule has 0 radical (unpaired) electrons. The number of benzene rings is 1. The number of carbonyl (C=O) groups is 2. The summed E-state index contributed by atoms with van der Waals surface area (Å²) in [5.74, 6) is 0.0849. The molecule has 1 fully saturated rings. The zero-order valence-electron chi connectivity index (χ0n) is 13.8. The van der Waals surface area contributed by atoms with Gasteiger partial charge in [0.2, 0.25) is 0 Å². The van der Waals surface area contributed by atoms with Crippen LogP contribution in [0.5, 0.6) is 5.75 Å². The van der Waals surface area contributed by atoms with Gasteiger partial charge in [0.25, 0.3) is 5.91 Å². The minimum Gasteiger partial charge on any atom is -0.482 e. The van der Waals surface area contributed by atoms with Gasteiger partial charge in [-0.15, -0.1) is 0 Å². The molecule has 1 saturated carbocycles.